The average molecular weight is 282 g/mol. The van der Waals surface area contributed by atoms with E-state index in [-0.39, 0.29) is 12.2 Å². The third-order valence-corrected chi connectivity index (χ3v) is 3.21. The van der Waals surface area contributed by atoms with Gasteiger partial charge in [-0.25, -0.2) is 0 Å². The fourth-order valence-corrected chi connectivity index (χ4v) is 2.13. The minimum atomic E-state index is 0.118. The molecule has 0 aliphatic rings. The van der Waals surface area contributed by atoms with Crippen LogP contribution in [0.15, 0.2) is 55.1 Å². The highest BCUT2D eigenvalue weighted by atomic mass is 16.5. The molecule has 0 heterocycles. The van der Waals surface area contributed by atoms with Crippen LogP contribution >= 0.6 is 0 Å². The number of carbonyl (C=O) groups excluding carboxylic acids is 1. The Morgan fingerprint density at radius 3 is 2.52 bits per heavy atom. The lowest BCUT2D eigenvalue weighted by Gasteiger charge is -2.14. The topological polar surface area (TPSA) is 46.5 Å². The molecule has 2 rings (SSSR count). The monoisotopic (exact) mass is 282 g/mol. The molecule has 21 heavy (non-hydrogen) atoms. The Balaban J connectivity index is 2.23. The summed E-state index contributed by atoms with van der Waals surface area (Å²) < 4.78 is 5.79. The van der Waals surface area contributed by atoms with Crippen molar-refractivity contribution >= 4 is 6.29 Å². The highest BCUT2D eigenvalue weighted by Crippen LogP contribution is 2.32. The highest BCUT2D eigenvalue weighted by molar-refractivity contribution is 5.60. The molecule has 1 N–H and O–H groups in total. The highest BCUT2D eigenvalue weighted by Gasteiger charge is 2.12. The Labute approximate surface area is 124 Å². The molecule has 3 nitrogen and oxygen atoms in total. The summed E-state index contributed by atoms with van der Waals surface area (Å²) in [6.07, 6.45) is 3.16. The summed E-state index contributed by atoms with van der Waals surface area (Å²) in [5.41, 5.74) is 2.33. The SMILES string of the molecule is C=CCc1c(OCc2ccccc2)ccc(CC=O)c1O. The molecule has 0 atom stereocenters. The van der Waals surface area contributed by atoms with Crippen molar-refractivity contribution in [1.82, 2.24) is 0 Å². The fourth-order valence-electron chi connectivity index (χ4n) is 2.13. The molecule has 2 aromatic carbocycles. The predicted octanol–water partition coefficient (Wildman–Crippen LogP) is 3.44. The van der Waals surface area contributed by atoms with Crippen molar-refractivity contribution in [2.24, 2.45) is 0 Å². The van der Waals surface area contributed by atoms with Crippen LogP contribution in [0.1, 0.15) is 16.7 Å². The minimum Gasteiger partial charge on any atom is -0.507 e. The largest absolute Gasteiger partial charge is 0.507 e. The van der Waals surface area contributed by atoms with Gasteiger partial charge in [0, 0.05) is 17.5 Å². The molecule has 0 fully saturated rings. The van der Waals surface area contributed by atoms with Crippen molar-refractivity contribution in [2.45, 2.75) is 19.4 Å². The lowest BCUT2D eigenvalue weighted by atomic mass is 10.0. The maximum atomic E-state index is 10.6. The van der Waals surface area contributed by atoms with E-state index in [1.165, 1.54) is 0 Å². The zero-order valence-corrected chi connectivity index (χ0v) is 11.8. The van der Waals surface area contributed by atoms with Crippen LogP contribution in [0.25, 0.3) is 0 Å². The number of phenols is 1. The van der Waals surface area contributed by atoms with Crippen molar-refractivity contribution in [3.8, 4) is 11.5 Å². The van der Waals surface area contributed by atoms with Crippen LogP contribution in [0, 0.1) is 0 Å². The van der Waals surface area contributed by atoms with Gasteiger partial charge in [-0.1, -0.05) is 42.5 Å². The molecule has 108 valence electrons. The van der Waals surface area contributed by atoms with Crippen molar-refractivity contribution < 1.29 is 14.6 Å². The van der Waals surface area contributed by atoms with E-state index in [1.54, 1.807) is 18.2 Å². The van der Waals surface area contributed by atoms with Gasteiger partial charge in [0.1, 0.15) is 24.4 Å². The molecule has 0 saturated carbocycles. The fraction of sp³-hybridized carbons (Fsp3) is 0.167. The zero-order chi connectivity index (χ0) is 15.1. The summed E-state index contributed by atoms with van der Waals surface area (Å²) >= 11 is 0. The first-order valence-corrected chi connectivity index (χ1v) is 6.81. The molecule has 3 heteroatoms. The van der Waals surface area contributed by atoms with Crippen LogP contribution < -0.4 is 4.74 Å². The smallest absolute Gasteiger partial charge is 0.127 e. The van der Waals surface area contributed by atoms with Crippen LogP contribution in [0.3, 0.4) is 0 Å². The normalized spacial score (nSPS) is 10.1. The lowest BCUT2D eigenvalue weighted by Crippen LogP contribution is -2.00. The second-order valence-electron chi connectivity index (χ2n) is 4.69. The van der Waals surface area contributed by atoms with E-state index in [4.69, 9.17) is 4.74 Å². The number of aromatic hydroxyl groups is 1. The van der Waals surface area contributed by atoms with Gasteiger partial charge in [0.25, 0.3) is 0 Å². The zero-order valence-electron chi connectivity index (χ0n) is 11.8. The van der Waals surface area contributed by atoms with Crippen molar-refractivity contribution in [2.75, 3.05) is 0 Å². The van der Waals surface area contributed by atoms with E-state index >= 15 is 0 Å². The van der Waals surface area contributed by atoms with Gasteiger partial charge < -0.3 is 14.6 Å². The second kappa shape index (κ2) is 7.29. The van der Waals surface area contributed by atoms with E-state index in [0.717, 1.165) is 11.8 Å². The summed E-state index contributed by atoms with van der Waals surface area (Å²) in [6.45, 7) is 4.12. The molecule has 0 unspecified atom stereocenters. The maximum absolute atomic E-state index is 10.6. The number of benzene rings is 2. The number of carbonyl (C=O) groups is 1. The van der Waals surface area contributed by atoms with Gasteiger partial charge in [0.2, 0.25) is 0 Å². The molecule has 0 radical (unpaired) electrons. The summed E-state index contributed by atoms with van der Waals surface area (Å²) in [5.74, 6) is 0.735. The first-order chi connectivity index (χ1) is 10.3. The van der Waals surface area contributed by atoms with Crippen LogP contribution in [0.2, 0.25) is 0 Å². The molecule has 2 aromatic rings. The summed E-state index contributed by atoms with van der Waals surface area (Å²) in [4.78, 5) is 10.6. The van der Waals surface area contributed by atoms with Gasteiger partial charge in [0.05, 0.1) is 0 Å². The van der Waals surface area contributed by atoms with Crippen molar-refractivity contribution in [3.63, 3.8) is 0 Å². The average Bonchev–Trinajstić information content (AvgIpc) is 2.51. The van der Waals surface area contributed by atoms with Gasteiger partial charge in [-0.3, -0.25) is 0 Å². The Morgan fingerprint density at radius 1 is 1.10 bits per heavy atom. The quantitative estimate of drug-likeness (QED) is 0.625. The number of hydrogen-bond acceptors (Lipinski definition) is 3. The Morgan fingerprint density at radius 2 is 1.86 bits per heavy atom. The van der Waals surface area contributed by atoms with Crippen LogP contribution in [0.4, 0.5) is 0 Å². The van der Waals surface area contributed by atoms with Gasteiger partial charge in [-0.15, -0.1) is 6.58 Å². The van der Waals surface area contributed by atoms with Crippen LogP contribution in [-0.4, -0.2) is 11.4 Å². The Bertz CT molecular complexity index is 618. The van der Waals surface area contributed by atoms with Crippen LogP contribution in [-0.2, 0) is 24.2 Å². The Hall–Kier alpha value is -2.55. The maximum Gasteiger partial charge on any atom is 0.127 e. The van der Waals surface area contributed by atoms with Gasteiger partial charge >= 0.3 is 0 Å². The third-order valence-electron chi connectivity index (χ3n) is 3.21. The number of hydrogen-bond donors (Lipinski definition) is 1. The standard InChI is InChI=1S/C18H18O3/c1-2-6-16-17(10-9-15(11-12-19)18(16)20)21-13-14-7-4-3-5-8-14/h2-5,7-10,12,20H,1,6,11,13H2. The molecular formula is C18H18O3. The van der Waals surface area contributed by atoms with E-state index < -0.39 is 0 Å². The third kappa shape index (κ3) is 3.72. The second-order valence-corrected chi connectivity index (χ2v) is 4.69. The number of allylic oxidation sites excluding steroid dienone is 1. The van der Waals surface area contributed by atoms with Crippen molar-refractivity contribution in [3.05, 3.63) is 71.8 Å². The number of aldehydes is 1. The van der Waals surface area contributed by atoms with Crippen molar-refractivity contribution in [1.29, 1.82) is 0 Å². The molecular weight excluding hydrogens is 264 g/mol. The molecule has 0 aromatic heterocycles. The first kappa shape index (κ1) is 14.9. The van der Waals surface area contributed by atoms with E-state index in [2.05, 4.69) is 6.58 Å². The molecule has 0 amide bonds. The van der Waals surface area contributed by atoms with Gasteiger partial charge in [-0.05, 0) is 18.1 Å². The summed E-state index contributed by atoms with van der Waals surface area (Å²) in [6, 6.07) is 13.3. The molecule has 0 saturated heterocycles. The summed E-state index contributed by atoms with van der Waals surface area (Å²) in [5, 5.41) is 10.2. The molecule has 0 spiro atoms. The summed E-state index contributed by atoms with van der Waals surface area (Å²) in [7, 11) is 0. The lowest BCUT2D eigenvalue weighted by molar-refractivity contribution is -0.107. The van der Waals surface area contributed by atoms with E-state index in [9.17, 15) is 9.90 Å². The van der Waals surface area contributed by atoms with Gasteiger partial charge in [0.15, 0.2) is 0 Å². The van der Waals surface area contributed by atoms with Gasteiger partial charge in [-0.2, -0.15) is 0 Å². The van der Waals surface area contributed by atoms with E-state index in [0.29, 0.717) is 29.9 Å². The predicted molar refractivity (Wildman–Crippen MR) is 82.5 cm³/mol. The number of ether oxygens (including phenoxy) is 1. The minimum absolute atomic E-state index is 0.118. The number of phenolic OH excluding ortho intramolecular Hbond substituents is 1. The Kier molecular flexibility index (Phi) is 5.16. The van der Waals surface area contributed by atoms with E-state index in [1.807, 2.05) is 30.3 Å². The first-order valence-electron chi connectivity index (χ1n) is 6.81. The number of rotatable bonds is 7. The molecule has 0 aliphatic heterocycles. The van der Waals surface area contributed by atoms with Crippen LogP contribution in [0.5, 0.6) is 11.5 Å². The molecule has 0 bridgehead atoms. The molecule has 0 aliphatic carbocycles.